The molecule has 4 rings (SSSR count). The molecule has 4 heteroatoms. The molecule has 2 nitrogen and oxygen atoms in total. The highest BCUT2D eigenvalue weighted by Gasteiger charge is 2.50. The monoisotopic (exact) mass is 354 g/mol. The molecule has 23 heavy (non-hydrogen) atoms. The smallest absolute Gasteiger partial charge is 0.156 e. The minimum Gasteiger partial charge on any atom is -1.00 e. The van der Waals surface area contributed by atoms with Crippen molar-refractivity contribution in [2.75, 3.05) is 33.7 Å². The Labute approximate surface area is 152 Å². The van der Waals surface area contributed by atoms with Gasteiger partial charge in [0.1, 0.15) is 13.6 Å². The summed E-state index contributed by atoms with van der Waals surface area (Å²) in [4.78, 5) is 2.57. The zero-order valence-corrected chi connectivity index (χ0v) is 15.7. The Morgan fingerprint density at radius 2 is 1.70 bits per heavy atom. The molecule has 3 aliphatic rings. The average molecular weight is 355 g/mol. The van der Waals surface area contributed by atoms with Crippen molar-refractivity contribution >= 4 is 18.1 Å². The third-order valence-electron chi connectivity index (χ3n) is 6.21. The number of hydrogen-bond acceptors (Lipinski definition) is 1. The second-order valence-corrected chi connectivity index (χ2v) is 7.43. The van der Waals surface area contributed by atoms with Gasteiger partial charge in [-0.3, -0.25) is 0 Å². The molecule has 1 aliphatic carbocycles. The van der Waals surface area contributed by atoms with Crippen molar-refractivity contribution in [1.29, 1.82) is 0 Å². The Hall–Kier alpha value is -0.570. The number of rotatable bonds is 1. The van der Waals surface area contributed by atoms with Crippen molar-refractivity contribution in [3.63, 3.8) is 0 Å². The van der Waals surface area contributed by atoms with Crippen LogP contribution in [0.25, 0.3) is 0 Å². The van der Waals surface area contributed by atoms with Gasteiger partial charge in [0.15, 0.2) is 5.71 Å². The minimum absolute atomic E-state index is 0. The van der Waals surface area contributed by atoms with Crippen LogP contribution in [0.5, 0.6) is 0 Å². The van der Waals surface area contributed by atoms with E-state index in [1.165, 1.54) is 38.9 Å². The standard InChI is InChI=1S/C19H27N2.2ClH/c1-20-12-17-15-9-6-10-21(2)19(15)11-16(18(17)13-20)14-7-4-3-5-8-14;;/h3-5,7-8,15-18H,6,9-13H2,1-2H3;2*1H/q+1;;/p-1. The number of halogens is 2. The quantitative estimate of drug-likeness (QED) is 0.656. The molecule has 0 amide bonds. The number of benzene rings is 1. The highest BCUT2D eigenvalue weighted by Crippen LogP contribution is 2.48. The van der Waals surface area contributed by atoms with Gasteiger partial charge in [-0.25, -0.2) is 4.58 Å². The first-order valence-corrected chi connectivity index (χ1v) is 8.54. The lowest BCUT2D eigenvalue weighted by molar-refractivity contribution is -0.507. The molecule has 1 aromatic carbocycles. The van der Waals surface area contributed by atoms with Crippen molar-refractivity contribution in [3.8, 4) is 0 Å². The van der Waals surface area contributed by atoms with Gasteiger partial charge >= 0.3 is 0 Å². The number of hydrogen-bond donors (Lipinski definition) is 0. The van der Waals surface area contributed by atoms with E-state index in [-0.39, 0.29) is 24.8 Å². The molecule has 2 fully saturated rings. The largest absolute Gasteiger partial charge is 1.00 e. The van der Waals surface area contributed by atoms with Crippen molar-refractivity contribution in [3.05, 3.63) is 35.9 Å². The summed E-state index contributed by atoms with van der Waals surface area (Å²) in [7, 11) is 4.63. The van der Waals surface area contributed by atoms with E-state index in [4.69, 9.17) is 0 Å². The van der Waals surface area contributed by atoms with E-state index in [0.29, 0.717) is 0 Å². The highest BCUT2D eigenvalue weighted by atomic mass is 35.5. The lowest BCUT2D eigenvalue weighted by Gasteiger charge is -2.40. The van der Waals surface area contributed by atoms with Gasteiger partial charge in [-0.1, -0.05) is 30.3 Å². The lowest BCUT2D eigenvalue weighted by Crippen LogP contribution is -3.00. The molecule has 1 saturated carbocycles. The van der Waals surface area contributed by atoms with Crippen molar-refractivity contribution in [2.45, 2.75) is 25.2 Å². The SMILES string of the molecule is CN1CC2C3CCC[N+](C)=C3CC(c3ccccc3)C2C1.Cl.[Cl-]. The Balaban J connectivity index is 0.000000960. The van der Waals surface area contributed by atoms with E-state index in [1.807, 2.05) is 0 Å². The molecule has 0 aromatic heterocycles. The third kappa shape index (κ3) is 3.31. The maximum Gasteiger partial charge on any atom is 0.156 e. The van der Waals surface area contributed by atoms with E-state index in [0.717, 1.165) is 23.7 Å². The normalized spacial score (nSPS) is 33.3. The van der Waals surface area contributed by atoms with E-state index in [9.17, 15) is 0 Å². The van der Waals surface area contributed by atoms with E-state index in [2.05, 4.69) is 53.9 Å². The molecular weight excluding hydrogens is 327 g/mol. The van der Waals surface area contributed by atoms with Gasteiger partial charge in [0, 0.05) is 31.8 Å². The second-order valence-electron chi connectivity index (χ2n) is 7.43. The topological polar surface area (TPSA) is 6.25 Å². The third-order valence-corrected chi connectivity index (χ3v) is 6.21. The summed E-state index contributed by atoms with van der Waals surface area (Å²) in [6.07, 6.45) is 4.10. The molecule has 0 spiro atoms. The van der Waals surface area contributed by atoms with Crippen molar-refractivity contribution in [1.82, 2.24) is 4.90 Å². The maximum absolute atomic E-state index is 2.58. The van der Waals surface area contributed by atoms with Crippen LogP contribution in [-0.4, -0.2) is 48.9 Å². The fraction of sp³-hybridized carbons (Fsp3) is 0.632. The molecule has 0 N–H and O–H groups in total. The number of likely N-dealkylation sites (tertiary alicyclic amines) is 1. The summed E-state index contributed by atoms with van der Waals surface area (Å²) in [5.41, 5.74) is 3.32. The summed E-state index contributed by atoms with van der Waals surface area (Å²) >= 11 is 0. The van der Waals surface area contributed by atoms with Crippen molar-refractivity contribution < 1.29 is 17.0 Å². The van der Waals surface area contributed by atoms with Gasteiger partial charge in [0.2, 0.25) is 0 Å². The number of nitrogens with zero attached hydrogens (tertiary/aromatic N) is 2. The Morgan fingerprint density at radius 1 is 1.04 bits per heavy atom. The zero-order valence-electron chi connectivity index (χ0n) is 14.1. The first kappa shape index (κ1) is 18.8. The molecule has 4 atom stereocenters. The van der Waals surface area contributed by atoms with Gasteiger partial charge in [-0.05, 0) is 36.8 Å². The fourth-order valence-electron chi connectivity index (χ4n) is 5.27. The summed E-state index contributed by atoms with van der Waals surface area (Å²) in [5.74, 6) is 3.33. The van der Waals surface area contributed by atoms with Gasteiger partial charge in [0.25, 0.3) is 0 Å². The molecule has 128 valence electrons. The van der Waals surface area contributed by atoms with Gasteiger partial charge in [0.05, 0.1) is 0 Å². The molecule has 1 saturated heterocycles. The Morgan fingerprint density at radius 3 is 2.39 bits per heavy atom. The van der Waals surface area contributed by atoms with E-state index in [1.54, 1.807) is 11.3 Å². The fourth-order valence-corrected chi connectivity index (χ4v) is 5.27. The second kappa shape index (κ2) is 7.55. The molecule has 2 aliphatic heterocycles. The predicted octanol–water partition coefficient (Wildman–Crippen LogP) is 0.271. The Bertz CT molecular complexity index is 558. The van der Waals surface area contributed by atoms with Crippen LogP contribution in [0.1, 0.15) is 30.7 Å². The van der Waals surface area contributed by atoms with Crippen LogP contribution < -0.4 is 12.4 Å². The van der Waals surface area contributed by atoms with Gasteiger partial charge in [-0.15, -0.1) is 12.4 Å². The molecule has 0 bridgehead atoms. The highest BCUT2D eigenvalue weighted by molar-refractivity contribution is 5.85. The van der Waals surface area contributed by atoms with Crippen LogP contribution in [-0.2, 0) is 0 Å². The van der Waals surface area contributed by atoms with Crippen LogP contribution in [0.2, 0.25) is 0 Å². The molecule has 2 heterocycles. The lowest BCUT2D eigenvalue weighted by atomic mass is 9.63. The van der Waals surface area contributed by atoms with Crippen LogP contribution in [0.4, 0.5) is 0 Å². The van der Waals surface area contributed by atoms with E-state index >= 15 is 0 Å². The zero-order chi connectivity index (χ0) is 14.4. The minimum atomic E-state index is 0. The Kier molecular flexibility index (Phi) is 6.16. The summed E-state index contributed by atoms with van der Waals surface area (Å²) in [6, 6.07) is 11.3. The van der Waals surface area contributed by atoms with Crippen LogP contribution in [0.15, 0.2) is 30.3 Å². The molecule has 0 radical (unpaired) electrons. The van der Waals surface area contributed by atoms with Gasteiger partial charge in [-0.2, -0.15) is 0 Å². The predicted molar refractivity (Wildman–Crippen MR) is 94.3 cm³/mol. The first-order valence-electron chi connectivity index (χ1n) is 8.54. The van der Waals surface area contributed by atoms with Gasteiger partial charge < -0.3 is 17.3 Å². The molecule has 4 unspecified atom stereocenters. The van der Waals surface area contributed by atoms with Crippen molar-refractivity contribution in [2.24, 2.45) is 17.8 Å². The summed E-state index contributed by atoms with van der Waals surface area (Å²) in [6.45, 7) is 3.86. The van der Waals surface area contributed by atoms with Crippen LogP contribution in [0.3, 0.4) is 0 Å². The number of fused-ring (bicyclic) bond motifs is 3. The summed E-state index contributed by atoms with van der Waals surface area (Å²) < 4.78 is 2.58. The summed E-state index contributed by atoms with van der Waals surface area (Å²) in [5, 5.41) is 0. The molecule has 1 aromatic rings. The average Bonchev–Trinajstić information content (AvgIpc) is 2.89. The molecular formula is C19H28Cl2N2. The maximum atomic E-state index is 2.58. The first-order chi connectivity index (χ1) is 10.2. The van der Waals surface area contributed by atoms with E-state index < -0.39 is 0 Å². The van der Waals surface area contributed by atoms with Crippen LogP contribution in [0, 0.1) is 17.8 Å². The van der Waals surface area contributed by atoms with Crippen LogP contribution >= 0.6 is 12.4 Å².